The molecule has 0 aliphatic carbocycles. The summed E-state index contributed by atoms with van der Waals surface area (Å²) in [6.07, 6.45) is 5.22. The number of terminal acetylenes is 1. The Morgan fingerprint density at radius 2 is 2.07 bits per heavy atom. The van der Waals surface area contributed by atoms with Gasteiger partial charge in [-0.05, 0) is 32.0 Å². The number of anilines is 1. The third-order valence-corrected chi connectivity index (χ3v) is 3.67. The van der Waals surface area contributed by atoms with E-state index in [4.69, 9.17) is 6.42 Å². The first-order valence-electron chi connectivity index (χ1n) is 4.54. The Hall–Kier alpha value is -1.47. The van der Waals surface area contributed by atoms with Gasteiger partial charge in [0.05, 0.1) is 5.25 Å². The molecule has 4 heteroatoms. The van der Waals surface area contributed by atoms with E-state index < -0.39 is 15.3 Å². The van der Waals surface area contributed by atoms with E-state index in [-0.39, 0.29) is 0 Å². The van der Waals surface area contributed by atoms with Crippen molar-refractivity contribution in [2.75, 3.05) is 4.72 Å². The molecule has 0 saturated carbocycles. The molecule has 3 nitrogen and oxygen atoms in total. The molecule has 0 radical (unpaired) electrons. The summed E-state index contributed by atoms with van der Waals surface area (Å²) in [4.78, 5) is 0. The Kier molecular flexibility index (Phi) is 3.38. The fourth-order valence-corrected chi connectivity index (χ4v) is 1.65. The van der Waals surface area contributed by atoms with Gasteiger partial charge >= 0.3 is 0 Å². The summed E-state index contributed by atoms with van der Waals surface area (Å²) in [5.74, 6) is 2.45. The number of benzene rings is 1. The van der Waals surface area contributed by atoms with Gasteiger partial charge in [0.15, 0.2) is 0 Å². The maximum atomic E-state index is 11.5. The van der Waals surface area contributed by atoms with Crippen molar-refractivity contribution < 1.29 is 8.42 Å². The third kappa shape index (κ3) is 3.00. The fraction of sp³-hybridized carbons (Fsp3) is 0.273. The monoisotopic (exact) mass is 223 g/mol. The summed E-state index contributed by atoms with van der Waals surface area (Å²) in [7, 11) is -3.29. The predicted octanol–water partition coefficient (Wildman–Crippen LogP) is 1.82. The van der Waals surface area contributed by atoms with Crippen LogP contribution in [0.25, 0.3) is 0 Å². The molecule has 0 aliphatic rings. The summed E-state index contributed by atoms with van der Waals surface area (Å²) in [5.41, 5.74) is 1.15. The minimum Gasteiger partial charge on any atom is -0.283 e. The molecule has 0 atom stereocenters. The molecule has 0 unspecified atom stereocenters. The van der Waals surface area contributed by atoms with Crippen molar-refractivity contribution in [2.45, 2.75) is 19.1 Å². The van der Waals surface area contributed by atoms with Gasteiger partial charge in [-0.2, -0.15) is 0 Å². The lowest BCUT2D eigenvalue weighted by atomic mass is 10.2. The molecule has 0 amide bonds. The largest absolute Gasteiger partial charge is 0.283 e. The lowest BCUT2D eigenvalue weighted by Gasteiger charge is -2.10. The van der Waals surface area contributed by atoms with Gasteiger partial charge in [-0.1, -0.05) is 12.0 Å². The zero-order valence-electron chi connectivity index (χ0n) is 8.69. The van der Waals surface area contributed by atoms with Gasteiger partial charge in [0.1, 0.15) is 0 Å². The number of hydrogen-bond donors (Lipinski definition) is 1. The lowest BCUT2D eigenvalue weighted by molar-refractivity contribution is 0.593. The van der Waals surface area contributed by atoms with E-state index in [1.165, 1.54) is 0 Å². The first-order chi connectivity index (χ1) is 6.95. The van der Waals surface area contributed by atoms with E-state index in [1.807, 2.05) is 0 Å². The second-order valence-corrected chi connectivity index (χ2v) is 5.66. The molecule has 80 valence electrons. The van der Waals surface area contributed by atoms with Crippen molar-refractivity contribution in [1.29, 1.82) is 0 Å². The normalized spacial score (nSPS) is 11.1. The van der Waals surface area contributed by atoms with Crippen molar-refractivity contribution in [3.05, 3.63) is 29.8 Å². The second-order valence-electron chi connectivity index (χ2n) is 3.42. The van der Waals surface area contributed by atoms with Crippen LogP contribution < -0.4 is 4.72 Å². The molecule has 1 rings (SSSR count). The van der Waals surface area contributed by atoms with E-state index in [1.54, 1.807) is 38.1 Å². The van der Waals surface area contributed by atoms with Crippen LogP contribution in [0.4, 0.5) is 5.69 Å². The average Bonchev–Trinajstić information content (AvgIpc) is 2.17. The van der Waals surface area contributed by atoms with Crippen LogP contribution in [-0.4, -0.2) is 13.7 Å². The zero-order chi connectivity index (χ0) is 11.5. The Bertz CT molecular complexity index is 484. The highest BCUT2D eigenvalue weighted by molar-refractivity contribution is 7.93. The highest BCUT2D eigenvalue weighted by Gasteiger charge is 2.15. The van der Waals surface area contributed by atoms with Crippen LogP contribution in [0.2, 0.25) is 0 Å². The van der Waals surface area contributed by atoms with Crippen LogP contribution in [-0.2, 0) is 10.0 Å². The summed E-state index contributed by atoms with van der Waals surface area (Å²) < 4.78 is 25.5. The minimum atomic E-state index is -3.29. The summed E-state index contributed by atoms with van der Waals surface area (Å²) >= 11 is 0. The molecule has 1 N–H and O–H groups in total. The average molecular weight is 223 g/mol. The Morgan fingerprint density at radius 3 is 2.60 bits per heavy atom. The van der Waals surface area contributed by atoms with Gasteiger partial charge in [0.2, 0.25) is 10.0 Å². The molecule has 0 bridgehead atoms. The maximum absolute atomic E-state index is 11.5. The summed E-state index contributed by atoms with van der Waals surface area (Å²) in [6, 6.07) is 6.75. The molecule has 15 heavy (non-hydrogen) atoms. The molecular weight excluding hydrogens is 210 g/mol. The first-order valence-corrected chi connectivity index (χ1v) is 6.08. The molecule has 0 aliphatic heterocycles. The van der Waals surface area contributed by atoms with Gasteiger partial charge in [0.25, 0.3) is 0 Å². The van der Waals surface area contributed by atoms with E-state index in [2.05, 4.69) is 10.6 Å². The second kappa shape index (κ2) is 4.37. The van der Waals surface area contributed by atoms with Gasteiger partial charge in [-0.25, -0.2) is 8.42 Å². The molecule has 0 fully saturated rings. The number of hydrogen-bond acceptors (Lipinski definition) is 2. The van der Waals surface area contributed by atoms with Gasteiger partial charge in [0, 0.05) is 11.3 Å². The Balaban J connectivity index is 2.96. The van der Waals surface area contributed by atoms with E-state index in [0.29, 0.717) is 11.3 Å². The summed E-state index contributed by atoms with van der Waals surface area (Å²) in [5, 5.41) is -0.466. The lowest BCUT2D eigenvalue weighted by Crippen LogP contribution is -2.22. The standard InChI is InChI=1S/C11H13NO2S/c1-4-10-6-5-7-11(8-10)12-15(13,14)9(2)3/h1,5-9,12H,2-3H3. The SMILES string of the molecule is C#Cc1cccc(NS(=O)(=O)C(C)C)c1. The Labute approximate surface area is 90.6 Å². The van der Waals surface area contributed by atoms with Gasteiger partial charge < -0.3 is 0 Å². The van der Waals surface area contributed by atoms with Crippen molar-refractivity contribution in [3.8, 4) is 12.3 Å². The Morgan fingerprint density at radius 1 is 1.40 bits per heavy atom. The maximum Gasteiger partial charge on any atom is 0.235 e. The highest BCUT2D eigenvalue weighted by atomic mass is 32.2. The highest BCUT2D eigenvalue weighted by Crippen LogP contribution is 2.13. The zero-order valence-corrected chi connectivity index (χ0v) is 9.51. The molecular formula is C11H13NO2S. The van der Waals surface area contributed by atoms with E-state index in [0.717, 1.165) is 0 Å². The molecule has 0 saturated heterocycles. The molecule has 0 heterocycles. The molecule has 0 spiro atoms. The van der Waals surface area contributed by atoms with Crippen LogP contribution in [0.5, 0.6) is 0 Å². The predicted molar refractivity (Wildman–Crippen MR) is 62.1 cm³/mol. The topological polar surface area (TPSA) is 46.2 Å². The van der Waals surface area contributed by atoms with Crippen LogP contribution in [0.15, 0.2) is 24.3 Å². The van der Waals surface area contributed by atoms with Crippen LogP contribution >= 0.6 is 0 Å². The van der Waals surface area contributed by atoms with E-state index in [9.17, 15) is 8.42 Å². The molecule has 1 aromatic carbocycles. The number of sulfonamides is 1. The van der Waals surface area contributed by atoms with Crippen molar-refractivity contribution in [2.24, 2.45) is 0 Å². The molecule has 1 aromatic rings. The minimum absolute atomic E-state index is 0.466. The number of nitrogens with one attached hydrogen (secondary N) is 1. The van der Waals surface area contributed by atoms with Crippen molar-refractivity contribution in [1.82, 2.24) is 0 Å². The number of rotatable bonds is 3. The fourth-order valence-electron chi connectivity index (χ4n) is 0.955. The first kappa shape index (κ1) is 11.6. The van der Waals surface area contributed by atoms with Crippen LogP contribution in [0.3, 0.4) is 0 Å². The van der Waals surface area contributed by atoms with Gasteiger partial charge in [-0.3, -0.25) is 4.72 Å². The van der Waals surface area contributed by atoms with Crippen LogP contribution in [0.1, 0.15) is 19.4 Å². The summed E-state index contributed by atoms with van der Waals surface area (Å²) in [6.45, 7) is 3.24. The van der Waals surface area contributed by atoms with Crippen molar-refractivity contribution in [3.63, 3.8) is 0 Å². The molecule has 0 aromatic heterocycles. The quantitative estimate of drug-likeness (QED) is 0.794. The van der Waals surface area contributed by atoms with Gasteiger partial charge in [-0.15, -0.1) is 6.42 Å². The van der Waals surface area contributed by atoms with Crippen molar-refractivity contribution >= 4 is 15.7 Å². The smallest absolute Gasteiger partial charge is 0.235 e. The van der Waals surface area contributed by atoms with E-state index >= 15 is 0 Å². The van der Waals surface area contributed by atoms with Crippen LogP contribution in [0, 0.1) is 12.3 Å². The third-order valence-electron chi connectivity index (χ3n) is 1.91.